The maximum absolute atomic E-state index is 12.3. The van der Waals surface area contributed by atoms with E-state index < -0.39 is 6.04 Å². The van der Waals surface area contributed by atoms with Gasteiger partial charge in [-0.05, 0) is 24.1 Å². The van der Waals surface area contributed by atoms with Crippen molar-refractivity contribution in [3.63, 3.8) is 0 Å². The third-order valence-electron chi connectivity index (χ3n) is 3.61. The van der Waals surface area contributed by atoms with Crippen LogP contribution >= 0.6 is 12.4 Å². The fourth-order valence-electron chi connectivity index (χ4n) is 2.30. The van der Waals surface area contributed by atoms with Gasteiger partial charge in [-0.15, -0.1) is 12.4 Å². The predicted molar refractivity (Wildman–Crippen MR) is 104 cm³/mol. The summed E-state index contributed by atoms with van der Waals surface area (Å²) in [5.41, 5.74) is 7.62. The fourth-order valence-corrected chi connectivity index (χ4v) is 2.30. The molecule has 1 atom stereocenters. The van der Waals surface area contributed by atoms with E-state index in [-0.39, 0.29) is 18.3 Å². The standard InChI is InChI=1S/C19H24N2O4.ClH/c1-23-10-11-25-18-13-15(8-9-17(18)24-2)21-19(22)16(20)12-14-6-4-3-5-7-14;/h3-9,13,16H,10-12,20H2,1-2H3,(H,21,22);1H/t16-;/m0./s1. The molecule has 0 saturated carbocycles. The Morgan fingerprint density at radius 2 is 1.81 bits per heavy atom. The van der Waals surface area contributed by atoms with Crippen molar-refractivity contribution in [1.29, 1.82) is 0 Å². The molecule has 2 rings (SSSR count). The number of ether oxygens (including phenoxy) is 3. The summed E-state index contributed by atoms with van der Waals surface area (Å²) in [5.74, 6) is 0.869. The molecule has 26 heavy (non-hydrogen) atoms. The van der Waals surface area contributed by atoms with Crippen molar-refractivity contribution in [1.82, 2.24) is 0 Å². The van der Waals surface area contributed by atoms with Crippen molar-refractivity contribution >= 4 is 24.0 Å². The molecular weight excluding hydrogens is 356 g/mol. The topological polar surface area (TPSA) is 82.8 Å². The number of nitrogens with two attached hydrogens (primary N) is 1. The summed E-state index contributed by atoms with van der Waals surface area (Å²) in [5, 5.41) is 2.81. The Morgan fingerprint density at radius 3 is 2.46 bits per heavy atom. The highest BCUT2D eigenvalue weighted by atomic mass is 35.5. The van der Waals surface area contributed by atoms with E-state index in [0.29, 0.717) is 36.8 Å². The molecule has 0 unspecified atom stereocenters. The Balaban J connectivity index is 0.00000338. The van der Waals surface area contributed by atoms with Crippen LogP contribution in [0.5, 0.6) is 11.5 Å². The van der Waals surface area contributed by atoms with Gasteiger partial charge in [0.1, 0.15) is 6.61 Å². The maximum atomic E-state index is 12.3. The molecule has 0 spiro atoms. The molecule has 6 nitrogen and oxygen atoms in total. The Hall–Kier alpha value is -2.28. The van der Waals surface area contributed by atoms with Crippen LogP contribution in [0.2, 0.25) is 0 Å². The van der Waals surface area contributed by atoms with E-state index in [0.717, 1.165) is 5.56 Å². The van der Waals surface area contributed by atoms with E-state index in [1.807, 2.05) is 30.3 Å². The Bertz CT molecular complexity index is 682. The smallest absolute Gasteiger partial charge is 0.241 e. The monoisotopic (exact) mass is 380 g/mol. The number of nitrogens with one attached hydrogen (secondary N) is 1. The lowest BCUT2D eigenvalue weighted by molar-refractivity contribution is -0.117. The molecule has 1 amide bonds. The summed E-state index contributed by atoms with van der Waals surface area (Å²) in [6.07, 6.45) is 0.472. The Labute approximate surface area is 160 Å². The third-order valence-corrected chi connectivity index (χ3v) is 3.61. The van der Waals surface area contributed by atoms with Crippen molar-refractivity contribution in [2.45, 2.75) is 12.5 Å². The average Bonchev–Trinajstić information content (AvgIpc) is 2.63. The number of halogens is 1. The van der Waals surface area contributed by atoms with Gasteiger partial charge in [-0.1, -0.05) is 30.3 Å². The minimum Gasteiger partial charge on any atom is -0.493 e. The summed E-state index contributed by atoms with van der Waals surface area (Å²) in [4.78, 5) is 12.3. The van der Waals surface area contributed by atoms with Gasteiger partial charge in [-0.3, -0.25) is 4.79 Å². The first kappa shape index (κ1) is 21.8. The number of hydrogen-bond donors (Lipinski definition) is 2. The fraction of sp³-hybridized carbons (Fsp3) is 0.316. The molecule has 3 N–H and O–H groups in total. The van der Waals surface area contributed by atoms with Gasteiger partial charge >= 0.3 is 0 Å². The number of carbonyl (C=O) groups excluding carboxylic acids is 1. The molecule has 0 fully saturated rings. The molecule has 0 heterocycles. The molecule has 0 aliphatic rings. The molecule has 142 valence electrons. The number of rotatable bonds is 9. The van der Waals surface area contributed by atoms with E-state index in [9.17, 15) is 4.79 Å². The summed E-state index contributed by atoms with van der Waals surface area (Å²) in [6, 6.07) is 14.2. The molecule has 2 aromatic carbocycles. The largest absolute Gasteiger partial charge is 0.493 e. The van der Waals surface area contributed by atoms with Crippen LogP contribution < -0.4 is 20.5 Å². The Morgan fingerprint density at radius 1 is 1.08 bits per heavy atom. The van der Waals surface area contributed by atoms with Crippen molar-refractivity contribution in [2.24, 2.45) is 5.73 Å². The first-order valence-electron chi connectivity index (χ1n) is 8.04. The van der Waals surface area contributed by atoms with E-state index >= 15 is 0 Å². The van der Waals surface area contributed by atoms with Crippen molar-refractivity contribution in [3.05, 3.63) is 54.1 Å². The van der Waals surface area contributed by atoms with E-state index in [1.54, 1.807) is 32.4 Å². The highest BCUT2D eigenvalue weighted by Crippen LogP contribution is 2.30. The second-order valence-corrected chi connectivity index (χ2v) is 5.49. The maximum Gasteiger partial charge on any atom is 0.241 e. The van der Waals surface area contributed by atoms with Gasteiger partial charge in [0.05, 0.1) is 19.8 Å². The van der Waals surface area contributed by atoms with Crippen LogP contribution in [0.1, 0.15) is 5.56 Å². The molecule has 0 bridgehead atoms. The van der Waals surface area contributed by atoms with Gasteiger partial charge in [-0.25, -0.2) is 0 Å². The number of amides is 1. The predicted octanol–water partition coefficient (Wildman–Crippen LogP) is 2.65. The number of benzene rings is 2. The summed E-state index contributed by atoms with van der Waals surface area (Å²) >= 11 is 0. The van der Waals surface area contributed by atoms with E-state index in [1.165, 1.54) is 0 Å². The second-order valence-electron chi connectivity index (χ2n) is 5.49. The summed E-state index contributed by atoms with van der Waals surface area (Å²) < 4.78 is 15.8. The third kappa shape index (κ3) is 6.55. The van der Waals surface area contributed by atoms with Crippen LogP contribution in [0.25, 0.3) is 0 Å². The van der Waals surface area contributed by atoms with Crippen LogP contribution in [0.15, 0.2) is 48.5 Å². The first-order chi connectivity index (χ1) is 12.1. The molecule has 0 radical (unpaired) electrons. The lowest BCUT2D eigenvalue weighted by Crippen LogP contribution is -2.37. The second kappa shape index (κ2) is 11.4. The van der Waals surface area contributed by atoms with Gasteiger partial charge in [0, 0.05) is 18.9 Å². The number of methoxy groups -OCH3 is 2. The number of carbonyl (C=O) groups is 1. The van der Waals surface area contributed by atoms with Crippen LogP contribution in [0.3, 0.4) is 0 Å². The minimum absolute atomic E-state index is 0. The average molecular weight is 381 g/mol. The minimum atomic E-state index is -0.637. The highest BCUT2D eigenvalue weighted by molar-refractivity contribution is 5.95. The summed E-state index contributed by atoms with van der Waals surface area (Å²) in [6.45, 7) is 0.847. The Kier molecular flexibility index (Phi) is 9.51. The molecular formula is C19H25ClN2O4. The summed E-state index contributed by atoms with van der Waals surface area (Å²) in [7, 11) is 3.16. The van der Waals surface area contributed by atoms with Crippen molar-refractivity contribution in [3.8, 4) is 11.5 Å². The number of anilines is 1. The zero-order valence-electron chi connectivity index (χ0n) is 14.9. The van der Waals surface area contributed by atoms with Crippen LogP contribution in [-0.4, -0.2) is 39.4 Å². The first-order valence-corrected chi connectivity index (χ1v) is 8.04. The molecule has 7 heteroatoms. The molecule has 2 aromatic rings. The van der Waals surface area contributed by atoms with Gasteiger partial charge in [0.2, 0.25) is 5.91 Å². The SMILES string of the molecule is COCCOc1cc(NC(=O)[C@@H](N)Cc2ccccc2)ccc1OC.Cl. The molecule has 0 aliphatic heterocycles. The molecule has 0 saturated heterocycles. The van der Waals surface area contributed by atoms with Crippen molar-refractivity contribution in [2.75, 3.05) is 32.8 Å². The lowest BCUT2D eigenvalue weighted by Gasteiger charge is -2.15. The zero-order valence-corrected chi connectivity index (χ0v) is 15.8. The van der Waals surface area contributed by atoms with Gasteiger partial charge in [-0.2, -0.15) is 0 Å². The normalized spacial score (nSPS) is 11.2. The quantitative estimate of drug-likeness (QED) is 0.653. The van der Waals surface area contributed by atoms with Gasteiger partial charge in [0.25, 0.3) is 0 Å². The van der Waals surface area contributed by atoms with E-state index in [2.05, 4.69) is 5.32 Å². The van der Waals surface area contributed by atoms with E-state index in [4.69, 9.17) is 19.9 Å². The van der Waals surface area contributed by atoms with Crippen molar-refractivity contribution < 1.29 is 19.0 Å². The van der Waals surface area contributed by atoms with Crippen LogP contribution in [-0.2, 0) is 16.0 Å². The van der Waals surface area contributed by atoms with Gasteiger partial charge < -0.3 is 25.3 Å². The molecule has 0 aliphatic carbocycles. The highest BCUT2D eigenvalue weighted by Gasteiger charge is 2.15. The van der Waals surface area contributed by atoms with Crippen LogP contribution in [0.4, 0.5) is 5.69 Å². The molecule has 0 aromatic heterocycles. The van der Waals surface area contributed by atoms with Gasteiger partial charge in [0.15, 0.2) is 11.5 Å². The number of hydrogen-bond acceptors (Lipinski definition) is 5. The zero-order chi connectivity index (χ0) is 18.1. The lowest BCUT2D eigenvalue weighted by atomic mass is 10.1. The van der Waals surface area contributed by atoms with Crippen LogP contribution in [0, 0.1) is 0 Å².